The molecule has 0 amide bonds. The minimum atomic E-state index is 0.319. The highest BCUT2D eigenvalue weighted by molar-refractivity contribution is 6.04. The normalized spacial score (nSPS) is 11.7. The van der Waals surface area contributed by atoms with Crippen LogP contribution in [0, 0.1) is 6.92 Å². The molecule has 0 atom stereocenters. The number of H-pyrrole nitrogens is 1. The minimum absolute atomic E-state index is 0.319. The Bertz CT molecular complexity index is 970. The SMILES string of the molecule is Cc1cccc2c1[nH]c1nc(NN=Cc3ccco3)nnc12. The van der Waals surface area contributed by atoms with Crippen LogP contribution in [0.15, 0.2) is 46.1 Å². The lowest BCUT2D eigenvalue weighted by Crippen LogP contribution is -1.98. The second-order valence-corrected chi connectivity index (χ2v) is 4.84. The first kappa shape index (κ1) is 12.5. The zero-order valence-corrected chi connectivity index (χ0v) is 11.7. The third-order valence-corrected chi connectivity index (χ3v) is 3.36. The summed E-state index contributed by atoms with van der Waals surface area (Å²) in [5.74, 6) is 0.960. The summed E-state index contributed by atoms with van der Waals surface area (Å²) >= 11 is 0. The summed E-state index contributed by atoms with van der Waals surface area (Å²) in [5.41, 5.74) is 6.33. The number of nitrogens with zero attached hydrogens (tertiary/aromatic N) is 4. The highest BCUT2D eigenvalue weighted by Gasteiger charge is 2.09. The number of anilines is 1. The molecule has 0 saturated carbocycles. The van der Waals surface area contributed by atoms with Gasteiger partial charge in [0.1, 0.15) is 11.3 Å². The number of aromatic nitrogens is 4. The van der Waals surface area contributed by atoms with E-state index in [1.807, 2.05) is 25.1 Å². The molecule has 7 heteroatoms. The van der Waals surface area contributed by atoms with Crippen molar-refractivity contribution in [1.29, 1.82) is 0 Å². The molecule has 0 spiro atoms. The van der Waals surface area contributed by atoms with E-state index >= 15 is 0 Å². The van der Waals surface area contributed by atoms with Crippen LogP contribution in [0.2, 0.25) is 0 Å². The van der Waals surface area contributed by atoms with Crippen LogP contribution in [0.25, 0.3) is 22.1 Å². The van der Waals surface area contributed by atoms with Gasteiger partial charge in [-0.25, -0.2) is 5.43 Å². The topological polar surface area (TPSA) is 92.0 Å². The van der Waals surface area contributed by atoms with Crippen molar-refractivity contribution >= 4 is 34.2 Å². The highest BCUT2D eigenvalue weighted by atomic mass is 16.3. The lowest BCUT2D eigenvalue weighted by molar-refractivity contribution is 0.560. The van der Waals surface area contributed by atoms with Crippen molar-refractivity contribution in [3.05, 3.63) is 47.9 Å². The van der Waals surface area contributed by atoms with Crippen LogP contribution in [0.5, 0.6) is 0 Å². The van der Waals surface area contributed by atoms with Crippen molar-refractivity contribution in [2.75, 3.05) is 5.43 Å². The van der Waals surface area contributed by atoms with E-state index in [0.717, 1.165) is 22.0 Å². The van der Waals surface area contributed by atoms with Crippen molar-refractivity contribution in [1.82, 2.24) is 20.2 Å². The van der Waals surface area contributed by atoms with E-state index in [9.17, 15) is 0 Å². The van der Waals surface area contributed by atoms with Gasteiger partial charge in [-0.15, -0.1) is 10.2 Å². The summed E-state index contributed by atoms with van der Waals surface area (Å²) in [6, 6.07) is 9.62. The Labute approximate surface area is 125 Å². The Kier molecular flexibility index (Phi) is 2.82. The van der Waals surface area contributed by atoms with E-state index in [-0.39, 0.29) is 0 Å². The average molecular weight is 292 g/mol. The van der Waals surface area contributed by atoms with Crippen molar-refractivity contribution in [3.63, 3.8) is 0 Å². The summed E-state index contributed by atoms with van der Waals surface area (Å²) in [6.45, 7) is 2.04. The molecular formula is C15H12N6O. The summed E-state index contributed by atoms with van der Waals surface area (Å²) < 4.78 is 5.14. The number of nitrogens with one attached hydrogen (secondary N) is 2. The lowest BCUT2D eigenvalue weighted by atomic mass is 10.1. The standard InChI is InChI=1S/C15H12N6O/c1-9-4-2-6-11-12(9)17-14-13(11)19-21-15(18-14)20-16-8-10-5-3-7-22-10/h2-8H,1H3,(H2,17,18,20,21). The zero-order chi connectivity index (χ0) is 14.9. The minimum Gasteiger partial charge on any atom is -0.463 e. The number of aryl methyl sites for hydroxylation is 1. The Morgan fingerprint density at radius 2 is 2.18 bits per heavy atom. The molecule has 4 aromatic rings. The van der Waals surface area contributed by atoms with Gasteiger partial charge in [0.25, 0.3) is 5.95 Å². The molecule has 3 aromatic heterocycles. The maximum absolute atomic E-state index is 5.14. The monoisotopic (exact) mass is 292 g/mol. The Morgan fingerprint density at radius 1 is 1.23 bits per heavy atom. The number of hydrogen-bond donors (Lipinski definition) is 2. The number of rotatable bonds is 3. The van der Waals surface area contributed by atoms with Crippen LogP contribution in [0.3, 0.4) is 0 Å². The van der Waals surface area contributed by atoms with Gasteiger partial charge in [-0.3, -0.25) is 0 Å². The van der Waals surface area contributed by atoms with E-state index < -0.39 is 0 Å². The summed E-state index contributed by atoms with van der Waals surface area (Å²) in [5, 5.41) is 13.3. The van der Waals surface area contributed by atoms with Crippen LogP contribution >= 0.6 is 0 Å². The van der Waals surface area contributed by atoms with Gasteiger partial charge < -0.3 is 9.40 Å². The van der Waals surface area contributed by atoms with Crippen molar-refractivity contribution in [2.24, 2.45) is 5.10 Å². The fourth-order valence-electron chi connectivity index (χ4n) is 2.31. The Morgan fingerprint density at radius 3 is 3.05 bits per heavy atom. The number of furan rings is 1. The van der Waals surface area contributed by atoms with Gasteiger partial charge in [-0.1, -0.05) is 18.2 Å². The van der Waals surface area contributed by atoms with Crippen molar-refractivity contribution < 1.29 is 4.42 Å². The molecule has 0 unspecified atom stereocenters. The number of hydrogen-bond acceptors (Lipinski definition) is 6. The quantitative estimate of drug-likeness (QED) is 0.447. The number of fused-ring (bicyclic) bond motifs is 3. The third-order valence-electron chi connectivity index (χ3n) is 3.36. The molecule has 3 heterocycles. The van der Waals surface area contributed by atoms with Gasteiger partial charge in [-0.2, -0.15) is 10.1 Å². The highest BCUT2D eigenvalue weighted by Crippen LogP contribution is 2.24. The van der Waals surface area contributed by atoms with Gasteiger partial charge in [0, 0.05) is 5.39 Å². The van der Waals surface area contributed by atoms with Gasteiger partial charge >= 0.3 is 0 Å². The van der Waals surface area contributed by atoms with Gasteiger partial charge in [-0.05, 0) is 24.6 Å². The largest absolute Gasteiger partial charge is 0.463 e. The predicted molar refractivity (Wildman–Crippen MR) is 83.9 cm³/mol. The molecule has 4 rings (SSSR count). The first-order valence-electron chi connectivity index (χ1n) is 6.75. The van der Waals surface area contributed by atoms with Gasteiger partial charge in [0.15, 0.2) is 5.65 Å². The molecule has 0 aliphatic rings. The van der Waals surface area contributed by atoms with Gasteiger partial charge in [0.05, 0.1) is 18.0 Å². The first-order valence-corrected chi connectivity index (χ1v) is 6.75. The molecule has 7 nitrogen and oxygen atoms in total. The molecular weight excluding hydrogens is 280 g/mol. The second-order valence-electron chi connectivity index (χ2n) is 4.84. The number of benzene rings is 1. The lowest BCUT2D eigenvalue weighted by Gasteiger charge is -1.96. The summed E-state index contributed by atoms with van der Waals surface area (Å²) in [7, 11) is 0. The molecule has 22 heavy (non-hydrogen) atoms. The first-order chi connectivity index (χ1) is 10.8. The summed E-state index contributed by atoms with van der Waals surface area (Å²) in [4.78, 5) is 7.65. The van der Waals surface area contributed by atoms with E-state index in [1.165, 1.54) is 0 Å². The second kappa shape index (κ2) is 4.96. The van der Waals surface area contributed by atoms with Crippen LogP contribution in [-0.4, -0.2) is 26.4 Å². The van der Waals surface area contributed by atoms with Crippen LogP contribution in [-0.2, 0) is 0 Å². The van der Waals surface area contributed by atoms with Crippen molar-refractivity contribution in [2.45, 2.75) is 6.92 Å². The smallest absolute Gasteiger partial charge is 0.265 e. The fourth-order valence-corrected chi connectivity index (χ4v) is 2.31. The predicted octanol–water partition coefficient (Wildman–Crippen LogP) is 2.85. The molecule has 0 bridgehead atoms. The molecule has 1 aromatic carbocycles. The molecule has 0 fully saturated rings. The molecule has 108 valence electrons. The molecule has 0 aliphatic carbocycles. The molecule has 2 N–H and O–H groups in total. The number of hydrazone groups is 1. The van der Waals surface area contributed by atoms with Crippen LogP contribution < -0.4 is 5.43 Å². The molecule has 0 saturated heterocycles. The average Bonchev–Trinajstić information content (AvgIpc) is 3.15. The van der Waals surface area contributed by atoms with E-state index in [2.05, 4.69) is 30.7 Å². The maximum atomic E-state index is 5.14. The van der Waals surface area contributed by atoms with E-state index in [0.29, 0.717) is 17.4 Å². The number of para-hydroxylation sites is 1. The zero-order valence-electron chi connectivity index (χ0n) is 11.7. The third kappa shape index (κ3) is 2.08. The molecule has 0 radical (unpaired) electrons. The van der Waals surface area contributed by atoms with Crippen LogP contribution in [0.4, 0.5) is 5.95 Å². The van der Waals surface area contributed by atoms with Gasteiger partial charge in [0.2, 0.25) is 0 Å². The van der Waals surface area contributed by atoms with Crippen LogP contribution in [0.1, 0.15) is 11.3 Å². The summed E-state index contributed by atoms with van der Waals surface area (Å²) in [6.07, 6.45) is 3.13. The fraction of sp³-hybridized carbons (Fsp3) is 0.0667. The molecule has 0 aliphatic heterocycles. The van der Waals surface area contributed by atoms with Crippen molar-refractivity contribution in [3.8, 4) is 0 Å². The Hall–Kier alpha value is -3.22. The maximum Gasteiger partial charge on any atom is 0.265 e. The van der Waals surface area contributed by atoms with E-state index in [4.69, 9.17) is 4.42 Å². The van der Waals surface area contributed by atoms with E-state index in [1.54, 1.807) is 24.6 Å². The number of aromatic amines is 1. The Balaban J connectivity index is 1.68.